The zero-order valence-corrected chi connectivity index (χ0v) is 20.1. The van der Waals surface area contributed by atoms with Crippen molar-refractivity contribution in [1.29, 1.82) is 0 Å². The molecule has 1 atom stereocenters. The van der Waals surface area contributed by atoms with Gasteiger partial charge in [-0.2, -0.15) is 0 Å². The van der Waals surface area contributed by atoms with E-state index < -0.39 is 0 Å². The third kappa shape index (κ3) is 3.33. The van der Waals surface area contributed by atoms with Gasteiger partial charge in [0.1, 0.15) is 5.76 Å². The molecular weight excluding hydrogens is 462 g/mol. The lowest BCUT2D eigenvalue weighted by Gasteiger charge is -2.35. The van der Waals surface area contributed by atoms with Crippen LogP contribution in [-0.4, -0.2) is 17.4 Å². The minimum atomic E-state index is -0.136. The molecule has 5 aromatic rings. The fraction of sp³-hybridized carbons (Fsp3) is 0.143. The Labute approximate surface area is 204 Å². The molecule has 1 aliphatic rings. The van der Waals surface area contributed by atoms with E-state index in [1.165, 1.54) is 10.4 Å². The summed E-state index contributed by atoms with van der Waals surface area (Å²) >= 11 is 3.41. The maximum Gasteiger partial charge on any atom is 0.258 e. The number of hydrogen-bond donors (Lipinski definition) is 0. The third-order valence-corrected chi connectivity index (χ3v) is 8.37. The van der Waals surface area contributed by atoms with Gasteiger partial charge in [0.25, 0.3) is 5.91 Å². The van der Waals surface area contributed by atoms with Crippen LogP contribution in [0.5, 0.6) is 0 Å². The molecule has 1 aliphatic heterocycles. The molecule has 0 N–H and O–H groups in total. The highest BCUT2D eigenvalue weighted by atomic mass is 32.1. The van der Waals surface area contributed by atoms with E-state index in [4.69, 9.17) is 4.42 Å². The van der Waals surface area contributed by atoms with E-state index in [9.17, 15) is 9.59 Å². The zero-order chi connectivity index (χ0) is 23.2. The summed E-state index contributed by atoms with van der Waals surface area (Å²) in [5, 5.41) is 4.58. The molecule has 2 aromatic carbocycles. The Hall–Kier alpha value is -3.48. The van der Waals surface area contributed by atoms with Crippen LogP contribution >= 0.6 is 22.7 Å². The summed E-state index contributed by atoms with van der Waals surface area (Å²) in [5.74, 6) is 0.388. The smallest absolute Gasteiger partial charge is 0.258 e. The molecule has 4 heterocycles. The van der Waals surface area contributed by atoms with Crippen molar-refractivity contribution >= 4 is 39.5 Å². The maximum atomic E-state index is 14.1. The van der Waals surface area contributed by atoms with Crippen LogP contribution in [0.15, 0.2) is 86.7 Å². The van der Waals surface area contributed by atoms with Gasteiger partial charge >= 0.3 is 0 Å². The normalized spacial score (nSPS) is 15.4. The lowest BCUT2D eigenvalue weighted by molar-refractivity contribution is 0.0699. The molecule has 6 rings (SSSR count). The highest BCUT2D eigenvalue weighted by molar-refractivity contribution is 7.10. The van der Waals surface area contributed by atoms with Crippen molar-refractivity contribution in [1.82, 2.24) is 4.90 Å². The second-order valence-corrected chi connectivity index (χ2v) is 10.4. The molecule has 6 heteroatoms. The van der Waals surface area contributed by atoms with E-state index in [1.807, 2.05) is 46.7 Å². The predicted molar refractivity (Wildman–Crippen MR) is 138 cm³/mol. The number of hydrogen-bond acceptors (Lipinski definition) is 5. The summed E-state index contributed by atoms with van der Waals surface area (Å²) in [6.07, 6.45) is 0.823. The minimum Gasteiger partial charge on any atom is -0.455 e. The number of thiophene rings is 2. The van der Waals surface area contributed by atoms with Crippen LogP contribution in [0.25, 0.3) is 22.3 Å². The van der Waals surface area contributed by atoms with Gasteiger partial charge in [-0.25, -0.2) is 0 Å². The Bertz CT molecular complexity index is 1560. The van der Waals surface area contributed by atoms with Crippen LogP contribution < -0.4 is 5.43 Å². The predicted octanol–water partition coefficient (Wildman–Crippen LogP) is 6.68. The largest absolute Gasteiger partial charge is 0.455 e. The van der Waals surface area contributed by atoms with Gasteiger partial charge in [0.15, 0.2) is 11.0 Å². The summed E-state index contributed by atoms with van der Waals surface area (Å²) in [7, 11) is 0. The molecule has 4 nitrogen and oxygen atoms in total. The Kier molecular flexibility index (Phi) is 5.20. The molecule has 0 saturated heterocycles. The molecule has 0 spiro atoms. The van der Waals surface area contributed by atoms with Gasteiger partial charge in [-0.1, -0.05) is 42.5 Å². The first-order valence-electron chi connectivity index (χ1n) is 11.2. The van der Waals surface area contributed by atoms with Crippen molar-refractivity contribution in [3.63, 3.8) is 0 Å². The standard InChI is InChI=1S/C28H21NO3S2/c1-17-25(30)20-9-5-10-21(27(20)32-26(17)18-7-3-2-4-8-18)28(31)29-14-12-22-19(13-16-34-22)24(29)23-11-6-15-33-23/h2-11,13,15-16,24H,12,14H2,1H3. The Morgan fingerprint density at radius 2 is 1.82 bits per heavy atom. The van der Waals surface area contributed by atoms with E-state index >= 15 is 0 Å². The molecule has 0 aliphatic carbocycles. The molecule has 168 valence electrons. The minimum absolute atomic E-state index is 0.108. The number of fused-ring (bicyclic) bond motifs is 2. The van der Waals surface area contributed by atoms with Crippen molar-refractivity contribution in [3.8, 4) is 11.3 Å². The first kappa shape index (κ1) is 21.1. The molecular formula is C28H21NO3S2. The number of carbonyl (C=O) groups excluding carboxylic acids is 1. The summed E-state index contributed by atoms with van der Waals surface area (Å²) in [6, 6.07) is 21.0. The van der Waals surface area contributed by atoms with Gasteiger partial charge in [-0.05, 0) is 53.9 Å². The number of carbonyl (C=O) groups is 1. The molecule has 3 aromatic heterocycles. The zero-order valence-electron chi connectivity index (χ0n) is 18.5. The SMILES string of the molecule is Cc1c(-c2ccccc2)oc2c(C(=O)N3CCc4sccc4C3c3cccs3)cccc2c1=O. The first-order chi connectivity index (χ1) is 16.6. The molecule has 1 unspecified atom stereocenters. The van der Waals surface area contributed by atoms with Gasteiger partial charge in [0.05, 0.1) is 17.0 Å². The lowest BCUT2D eigenvalue weighted by atomic mass is 9.97. The van der Waals surface area contributed by atoms with Crippen molar-refractivity contribution in [2.24, 2.45) is 0 Å². The number of benzene rings is 2. The summed E-state index contributed by atoms with van der Waals surface area (Å²) in [6.45, 7) is 2.39. The van der Waals surface area contributed by atoms with Crippen molar-refractivity contribution in [2.45, 2.75) is 19.4 Å². The Morgan fingerprint density at radius 1 is 0.971 bits per heavy atom. The van der Waals surface area contributed by atoms with Gasteiger partial charge in [-0.3, -0.25) is 9.59 Å². The first-order valence-corrected chi connectivity index (χ1v) is 12.9. The van der Waals surface area contributed by atoms with E-state index in [1.54, 1.807) is 47.8 Å². The van der Waals surface area contributed by atoms with Crippen LogP contribution in [0.1, 0.15) is 37.3 Å². The van der Waals surface area contributed by atoms with Gasteiger partial charge in [0, 0.05) is 27.4 Å². The topological polar surface area (TPSA) is 50.5 Å². The molecule has 1 amide bonds. The summed E-state index contributed by atoms with van der Waals surface area (Å²) in [4.78, 5) is 31.7. The van der Waals surface area contributed by atoms with E-state index in [-0.39, 0.29) is 17.4 Å². The van der Waals surface area contributed by atoms with E-state index in [0.29, 0.717) is 34.4 Å². The average molecular weight is 484 g/mol. The average Bonchev–Trinajstić information content (AvgIpc) is 3.58. The second-order valence-electron chi connectivity index (χ2n) is 8.40. The molecule has 0 saturated carbocycles. The number of rotatable bonds is 3. The Balaban J connectivity index is 1.52. The van der Waals surface area contributed by atoms with Crippen molar-refractivity contribution in [3.05, 3.63) is 114 Å². The number of nitrogens with zero attached hydrogens (tertiary/aromatic N) is 1. The summed E-state index contributed by atoms with van der Waals surface area (Å²) < 4.78 is 6.34. The monoisotopic (exact) mass is 483 g/mol. The molecule has 0 radical (unpaired) electrons. The summed E-state index contributed by atoms with van der Waals surface area (Å²) in [5.41, 5.74) is 3.21. The van der Waals surface area contributed by atoms with E-state index in [2.05, 4.69) is 17.5 Å². The van der Waals surface area contributed by atoms with Crippen LogP contribution in [-0.2, 0) is 6.42 Å². The molecule has 34 heavy (non-hydrogen) atoms. The van der Waals surface area contributed by atoms with Crippen LogP contribution in [0.3, 0.4) is 0 Å². The van der Waals surface area contributed by atoms with Gasteiger partial charge in [0.2, 0.25) is 0 Å². The van der Waals surface area contributed by atoms with Crippen molar-refractivity contribution < 1.29 is 9.21 Å². The van der Waals surface area contributed by atoms with Crippen LogP contribution in [0.4, 0.5) is 0 Å². The fourth-order valence-electron chi connectivity index (χ4n) is 4.79. The molecule has 0 fully saturated rings. The van der Waals surface area contributed by atoms with Gasteiger partial charge < -0.3 is 9.32 Å². The molecule has 0 bridgehead atoms. The van der Waals surface area contributed by atoms with E-state index in [0.717, 1.165) is 16.9 Å². The van der Waals surface area contributed by atoms with Crippen LogP contribution in [0, 0.1) is 6.92 Å². The second kappa shape index (κ2) is 8.38. The maximum absolute atomic E-state index is 14.1. The third-order valence-electron chi connectivity index (χ3n) is 6.45. The number of amides is 1. The lowest BCUT2D eigenvalue weighted by Crippen LogP contribution is -2.39. The quantitative estimate of drug-likeness (QED) is 0.288. The highest BCUT2D eigenvalue weighted by Crippen LogP contribution is 2.40. The Morgan fingerprint density at radius 3 is 2.62 bits per heavy atom. The van der Waals surface area contributed by atoms with Crippen LogP contribution in [0.2, 0.25) is 0 Å². The highest BCUT2D eigenvalue weighted by Gasteiger charge is 2.35. The van der Waals surface area contributed by atoms with Gasteiger partial charge in [-0.15, -0.1) is 22.7 Å². The fourth-order valence-corrected chi connectivity index (χ4v) is 6.54. The van der Waals surface area contributed by atoms with Crippen molar-refractivity contribution in [2.75, 3.05) is 6.54 Å². The number of para-hydroxylation sites is 1.